The normalized spacial score (nSPS) is 19.1. The van der Waals surface area contributed by atoms with Crippen molar-refractivity contribution in [2.24, 2.45) is 16.3 Å². The van der Waals surface area contributed by atoms with Gasteiger partial charge in [-0.25, -0.2) is 0 Å². The lowest BCUT2D eigenvalue weighted by molar-refractivity contribution is -0.128. The van der Waals surface area contributed by atoms with Gasteiger partial charge in [0.05, 0.1) is 13.2 Å². The predicted molar refractivity (Wildman–Crippen MR) is 94.6 cm³/mol. The summed E-state index contributed by atoms with van der Waals surface area (Å²) in [5, 5.41) is 6.28. The molecule has 6 nitrogen and oxygen atoms in total. The molecule has 1 fully saturated rings. The van der Waals surface area contributed by atoms with Crippen molar-refractivity contribution in [2.45, 2.75) is 41.0 Å². The fraction of sp³-hybridized carbons (Fsp3) is 0.882. The molecule has 1 atom stereocenters. The van der Waals surface area contributed by atoms with Crippen LogP contribution in [0.1, 0.15) is 41.0 Å². The van der Waals surface area contributed by atoms with Crippen molar-refractivity contribution in [3.05, 3.63) is 0 Å². The summed E-state index contributed by atoms with van der Waals surface area (Å²) >= 11 is 0. The Labute approximate surface area is 141 Å². The molecule has 1 aliphatic heterocycles. The lowest BCUT2D eigenvalue weighted by Crippen LogP contribution is -2.41. The van der Waals surface area contributed by atoms with Gasteiger partial charge in [0, 0.05) is 44.1 Å². The largest absolute Gasteiger partial charge is 0.381 e. The highest BCUT2D eigenvalue weighted by molar-refractivity contribution is 5.81. The van der Waals surface area contributed by atoms with Crippen molar-refractivity contribution in [3.8, 4) is 0 Å². The van der Waals surface area contributed by atoms with Crippen molar-refractivity contribution >= 4 is 11.9 Å². The summed E-state index contributed by atoms with van der Waals surface area (Å²) in [5.41, 5.74) is -0.352. The van der Waals surface area contributed by atoms with E-state index in [9.17, 15) is 4.79 Å². The van der Waals surface area contributed by atoms with Crippen molar-refractivity contribution < 1.29 is 9.53 Å². The van der Waals surface area contributed by atoms with Crippen molar-refractivity contribution in [3.63, 3.8) is 0 Å². The van der Waals surface area contributed by atoms with Gasteiger partial charge in [-0.3, -0.25) is 9.79 Å². The highest BCUT2D eigenvalue weighted by atomic mass is 16.5. The summed E-state index contributed by atoms with van der Waals surface area (Å²) in [6, 6.07) is 0. The maximum Gasteiger partial charge on any atom is 0.225 e. The number of guanidine groups is 1. The first-order chi connectivity index (χ1) is 10.9. The van der Waals surface area contributed by atoms with Gasteiger partial charge in [-0.1, -0.05) is 20.8 Å². The average Bonchev–Trinajstić information content (AvgIpc) is 2.95. The molecular formula is C17H34N4O2. The molecule has 1 rings (SSSR count). The van der Waals surface area contributed by atoms with Crippen LogP contribution in [0.2, 0.25) is 0 Å². The summed E-state index contributed by atoms with van der Waals surface area (Å²) < 4.78 is 5.53. The fourth-order valence-electron chi connectivity index (χ4n) is 2.47. The molecule has 0 bridgehead atoms. The molecule has 0 saturated carbocycles. The molecule has 1 unspecified atom stereocenters. The van der Waals surface area contributed by atoms with Crippen LogP contribution in [0.4, 0.5) is 0 Å². The highest BCUT2D eigenvalue weighted by Crippen LogP contribution is 2.16. The summed E-state index contributed by atoms with van der Waals surface area (Å²) in [4.78, 5) is 18.8. The molecule has 0 aliphatic carbocycles. The molecule has 0 aromatic rings. The Morgan fingerprint density at radius 2 is 2.04 bits per heavy atom. The summed E-state index contributed by atoms with van der Waals surface area (Å²) in [7, 11) is 0. The zero-order chi connectivity index (χ0) is 17.3. The van der Waals surface area contributed by atoms with Crippen LogP contribution in [-0.4, -0.2) is 62.7 Å². The molecule has 6 heteroatoms. The predicted octanol–water partition coefficient (Wildman–Crippen LogP) is 1.47. The third kappa shape index (κ3) is 7.20. The molecule has 0 aromatic heterocycles. The Bertz CT molecular complexity index is 391. The first-order valence-electron chi connectivity index (χ1n) is 8.77. The first-order valence-corrected chi connectivity index (χ1v) is 8.77. The molecule has 23 heavy (non-hydrogen) atoms. The molecule has 0 spiro atoms. The monoisotopic (exact) mass is 326 g/mol. The van der Waals surface area contributed by atoms with E-state index in [-0.39, 0.29) is 11.3 Å². The second kappa shape index (κ2) is 9.75. The Morgan fingerprint density at radius 1 is 1.30 bits per heavy atom. The van der Waals surface area contributed by atoms with Crippen LogP contribution < -0.4 is 10.6 Å². The number of carbonyl (C=O) groups excluding carboxylic acids is 1. The molecule has 134 valence electrons. The third-order valence-corrected chi connectivity index (χ3v) is 3.82. The van der Waals surface area contributed by atoms with Crippen LogP contribution in [-0.2, 0) is 9.53 Å². The first kappa shape index (κ1) is 19.7. The van der Waals surface area contributed by atoms with E-state index in [1.165, 1.54) is 0 Å². The van der Waals surface area contributed by atoms with Gasteiger partial charge in [-0.15, -0.1) is 0 Å². The molecular weight excluding hydrogens is 292 g/mol. The van der Waals surface area contributed by atoms with Crippen molar-refractivity contribution in [1.29, 1.82) is 0 Å². The molecule has 2 N–H and O–H groups in total. The number of carbonyl (C=O) groups is 1. The van der Waals surface area contributed by atoms with E-state index >= 15 is 0 Å². The minimum Gasteiger partial charge on any atom is -0.381 e. The van der Waals surface area contributed by atoms with Crippen LogP contribution in [0.5, 0.6) is 0 Å². The zero-order valence-electron chi connectivity index (χ0n) is 15.4. The molecule has 0 radical (unpaired) electrons. The van der Waals surface area contributed by atoms with Gasteiger partial charge in [0.2, 0.25) is 5.91 Å². The van der Waals surface area contributed by atoms with Crippen LogP contribution in [0.3, 0.4) is 0 Å². The van der Waals surface area contributed by atoms with Gasteiger partial charge in [-0.2, -0.15) is 0 Å². The van der Waals surface area contributed by atoms with Gasteiger partial charge in [-0.05, 0) is 20.3 Å². The quantitative estimate of drug-likeness (QED) is 0.422. The summed E-state index contributed by atoms with van der Waals surface area (Å²) in [5.74, 6) is 1.59. The molecule has 1 amide bonds. The van der Waals surface area contributed by atoms with Crippen LogP contribution >= 0.6 is 0 Å². The Kier molecular flexibility index (Phi) is 8.37. The van der Waals surface area contributed by atoms with Gasteiger partial charge in [0.1, 0.15) is 0 Å². The average molecular weight is 326 g/mol. The lowest BCUT2D eigenvalue weighted by Gasteiger charge is -2.22. The zero-order valence-corrected chi connectivity index (χ0v) is 15.4. The molecule has 1 aliphatic rings. The number of aliphatic imine (C=N–C) groups is 1. The van der Waals surface area contributed by atoms with E-state index in [2.05, 4.69) is 27.4 Å². The van der Waals surface area contributed by atoms with E-state index in [0.29, 0.717) is 19.0 Å². The van der Waals surface area contributed by atoms with Gasteiger partial charge >= 0.3 is 0 Å². The Hall–Kier alpha value is -1.30. The number of amides is 1. The number of hydrogen-bond donors (Lipinski definition) is 2. The van der Waals surface area contributed by atoms with Gasteiger partial charge in [0.15, 0.2) is 5.96 Å². The van der Waals surface area contributed by atoms with Gasteiger partial charge < -0.3 is 20.3 Å². The van der Waals surface area contributed by atoms with Crippen molar-refractivity contribution in [1.82, 2.24) is 15.5 Å². The molecule has 1 saturated heterocycles. The standard InChI is InChI=1S/C17H34N4O2/c1-6-18-16(20-10-9-19-15(22)17(3,4)5)21-11-8-14(12-21)13-23-7-2/h14H,6-13H2,1-5H3,(H,18,20)(H,19,22). The van der Waals surface area contributed by atoms with Gasteiger partial charge in [0.25, 0.3) is 0 Å². The lowest BCUT2D eigenvalue weighted by atomic mass is 9.96. The summed E-state index contributed by atoms with van der Waals surface area (Å²) in [6.07, 6.45) is 1.14. The number of nitrogens with zero attached hydrogens (tertiary/aromatic N) is 2. The van der Waals surface area contributed by atoms with Crippen LogP contribution in [0, 0.1) is 11.3 Å². The number of hydrogen-bond acceptors (Lipinski definition) is 3. The minimum absolute atomic E-state index is 0.0654. The SMILES string of the molecule is CCNC(=NCCNC(=O)C(C)(C)C)N1CCC(COCC)C1. The third-order valence-electron chi connectivity index (χ3n) is 3.82. The van der Waals surface area contributed by atoms with E-state index in [1.54, 1.807) is 0 Å². The Morgan fingerprint density at radius 3 is 2.65 bits per heavy atom. The topological polar surface area (TPSA) is 66.0 Å². The fourth-order valence-corrected chi connectivity index (χ4v) is 2.47. The van der Waals surface area contributed by atoms with Crippen LogP contribution in [0.15, 0.2) is 4.99 Å². The van der Waals surface area contributed by atoms with Crippen molar-refractivity contribution in [2.75, 3.05) is 45.9 Å². The Balaban J connectivity index is 2.43. The molecule has 0 aromatic carbocycles. The number of nitrogens with one attached hydrogen (secondary N) is 2. The van der Waals surface area contributed by atoms with E-state index in [0.717, 1.165) is 45.2 Å². The number of rotatable bonds is 7. The highest BCUT2D eigenvalue weighted by Gasteiger charge is 2.25. The smallest absolute Gasteiger partial charge is 0.225 e. The van der Waals surface area contributed by atoms with Crippen LogP contribution in [0.25, 0.3) is 0 Å². The maximum atomic E-state index is 11.8. The minimum atomic E-state index is -0.352. The summed E-state index contributed by atoms with van der Waals surface area (Å²) in [6.45, 7) is 15.5. The number of likely N-dealkylation sites (tertiary alicyclic amines) is 1. The second-order valence-electron chi connectivity index (χ2n) is 7.00. The number of ether oxygens (including phenoxy) is 1. The molecule has 1 heterocycles. The maximum absolute atomic E-state index is 11.8. The van der Waals surface area contributed by atoms with E-state index in [4.69, 9.17) is 4.74 Å². The second-order valence-corrected chi connectivity index (χ2v) is 7.00. The van der Waals surface area contributed by atoms with E-state index < -0.39 is 0 Å². The van der Waals surface area contributed by atoms with E-state index in [1.807, 2.05) is 27.7 Å².